The van der Waals surface area contributed by atoms with Gasteiger partial charge in [-0.3, -0.25) is 14.9 Å². The highest BCUT2D eigenvalue weighted by atomic mass is 16.6. The van der Waals surface area contributed by atoms with Gasteiger partial charge in [-0.1, -0.05) is 0 Å². The summed E-state index contributed by atoms with van der Waals surface area (Å²) in [6.45, 7) is 3.51. The second-order valence-electron chi connectivity index (χ2n) is 7.44. The molecular weight excluding hydrogens is 322 g/mol. The summed E-state index contributed by atoms with van der Waals surface area (Å²) in [6.07, 6.45) is 5.42. The Morgan fingerprint density at radius 1 is 1.40 bits per heavy atom. The van der Waals surface area contributed by atoms with E-state index < -0.39 is 4.92 Å². The first-order valence-electron chi connectivity index (χ1n) is 8.94. The number of carbonyl (C=O) groups excluding carboxylic acids is 1. The summed E-state index contributed by atoms with van der Waals surface area (Å²) in [4.78, 5) is 29.1. The highest BCUT2D eigenvalue weighted by Crippen LogP contribution is 2.59. The molecule has 0 aromatic carbocycles. The second kappa shape index (κ2) is 6.25. The molecule has 25 heavy (non-hydrogen) atoms. The van der Waals surface area contributed by atoms with Crippen LogP contribution in [0, 0.1) is 21.4 Å². The zero-order valence-electron chi connectivity index (χ0n) is 14.1. The Morgan fingerprint density at radius 3 is 2.88 bits per heavy atom. The molecule has 2 unspecified atom stereocenters. The Labute approximate surface area is 146 Å². The molecule has 2 aliphatic heterocycles. The molecule has 2 N–H and O–H groups in total. The minimum atomic E-state index is -0.459. The minimum absolute atomic E-state index is 0.0187. The molecule has 3 heterocycles. The van der Waals surface area contributed by atoms with Gasteiger partial charge in [0.25, 0.3) is 5.69 Å². The van der Waals surface area contributed by atoms with Crippen molar-refractivity contribution >= 4 is 17.4 Å². The largest absolute Gasteiger partial charge is 0.365 e. The fraction of sp³-hybridized carbons (Fsp3) is 0.647. The van der Waals surface area contributed by atoms with Gasteiger partial charge in [-0.25, -0.2) is 4.98 Å². The molecule has 0 bridgehead atoms. The van der Waals surface area contributed by atoms with Gasteiger partial charge in [0.1, 0.15) is 12.0 Å². The Bertz CT molecular complexity index is 671. The number of hydrogen-bond donors (Lipinski definition) is 2. The van der Waals surface area contributed by atoms with E-state index >= 15 is 0 Å². The van der Waals surface area contributed by atoms with Crippen LogP contribution in [0.25, 0.3) is 0 Å². The van der Waals surface area contributed by atoms with Gasteiger partial charge in [0.15, 0.2) is 0 Å². The third-order valence-electron chi connectivity index (χ3n) is 5.90. The van der Waals surface area contributed by atoms with Crippen LogP contribution in [0.15, 0.2) is 18.3 Å². The molecule has 1 spiro atoms. The highest BCUT2D eigenvalue weighted by molar-refractivity contribution is 5.83. The predicted octanol–water partition coefficient (Wildman–Crippen LogP) is 1.39. The Balaban J connectivity index is 1.31. The van der Waals surface area contributed by atoms with Crippen LogP contribution in [-0.4, -0.2) is 52.9 Å². The number of amides is 1. The first-order chi connectivity index (χ1) is 12.1. The molecule has 2 atom stereocenters. The first-order valence-corrected chi connectivity index (χ1v) is 8.94. The molecule has 4 rings (SSSR count). The number of carbonyl (C=O) groups is 1. The van der Waals surface area contributed by atoms with Crippen molar-refractivity contribution in [2.45, 2.75) is 31.7 Å². The molecule has 1 amide bonds. The maximum absolute atomic E-state index is 12.8. The van der Waals surface area contributed by atoms with Crippen molar-refractivity contribution in [1.82, 2.24) is 15.2 Å². The topological polar surface area (TPSA) is 100 Å². The van der Waals surface area contributed by atoms with Gasteiger partial charge in [0, 0.05) is 31.1 Å². The Kier molecular flexibility index (Phi) is 4.07. The minimum Gasteiger partial charge on any atom is -0.365 e. The standard InChI is InChI=1S/C17H23N5O3/c23-16(14-9-17(14)4-6-18-7-5-17)21-8-3-12(11-21)20-15-2-1-13(10-19-15)22(24)25/h1-2,10,12,14,18H,3-9,11H2,(H,19,20). The van der Waals surface area contributed by atoms with E-state index in [1.54, 1.807) is 6.07 Å². The average molecular weight is 345 g/mol. The van der Waals surface area contributed by atoms with Gasteiger partial charge in [-0.15, -0.1) is 0 Å². The zero-order valence-corrected chi connectivity index (χ0v) is 14.1. The van der Waals surface area contributed by atoms with Gasteiger partial charge in [-0.05, 0) is 50.3 Å². The van der Waals surface area contributed by atoms with Crippen molar-refractivity contribution in [3.63, 3.8) is 0 Å². The summed E-state index contributed by atoms with van der Waals surface area (Å²) in [5.41, 5.74) is 0.253. The van der Waals surface area contributed by atoms with E-state index in [1.807, 2.05) is 4.90 Å². The maximum Gasteiger partial charge on any atom is 0.287 e. The van der Waals surface area contributed by atoms with Crippen molar-refractivity contribution < 1.29 is 9.72 Å². The SMILES string of the molecule is O=C(C1CC12CCNCC2)N1CCC(Nc2ccc([N+](=O)[O-])cn2)C1. The van der Waals surface area contributed by atoms with E-state index in [-0.39, 0.29) is 23.1 Å². The lowest BCUT2D eigenvalue weighted by atomic mass is 9.91. The molecule has 1 aliphatic carbocycles. The molecule has 3 fully saturated rings. The molecule has 8 heteroatoms. The lowest BCUT2D eigenvalue weighted by molar-refractivity contribution is -0.385. The quantitative estimate of drug-likeness (QED) is 0.632. The van der Waals surface area contributed by atoms with E-state index in [0.29, 0.717) is 18.3 Å². The fourth-order valence-electron chi connectivity index (χ4n) is 4.26. The third-order valence-corrected chi connectivity index (χ3v) is 5.90. The van der Waals surface area contributed by atoms with E-state index in [9.17, 15) is 14.9 Å². The van der Waals surface area contributed by atoms with Crippen molar-refractivity contribution in [3.05, 3.63) is 28.4 Å². The number of nitrogens with one attached hydrogen (secondary N) is 2. The van der Waals surface area contributed by atoms with Gasteiger partial charge >= 0.3 is 0 Å². The smallest absolute Gasteiger partial charge is 0.287 e. The number of piperidine rings is 1. The summed E-state index contributed by atoms with van der Waals surface area (Å²) in [5.74, 6) is 1.14. The van der Waals surface area contributed by atoms with Crippen LogP contribution in [0.2, 0.25) is 0 Å². The number of anilines is 1. The summed E-state index contributed by atoms with van der Waals surface area (Å²) < 4.78 is 0. The zero-order chi connectivity index (χ0) is 17.4. The molecular formula is C17H23N5O3. The first kappa shape index (κ1) is 16.3. The predicted molar refractivity (Wildman–Crippen MR) is 92.1 cm³/mol. The van der Waals surface area contributed by atoms with Crippen LogP contribution >= 0.6 is 0 Å². The Morgan fingerprint density at radius 2 is 2.20 bits per heavy atom. The van der Waals surface area contributed by atoms with Crippen molar-refractivity contribution in [1.29, 1.82) is 0 Å². The molecule has 134 valence electrons. The number of nitro groups is 1. The molecule has 1 aromatic heterocycles. The van der Waals surface area contributed by atoms with Crippen LogP contribution in [0.4, 0.5) is 11.5 Å². The monoisotopic (exact) mass is 345 g/mol. The number of nitrogens with zero attached hydrogens (tertiary/aromatic N) is 3. The fourth-order valence-corrected chi connectivity index (χ4v) is 4.26. The van der Waals surface area contributed by atoms with Crippen molar-refractivity contribution in [2.24, 2.45) is 11.3 Å². The van der Waals surface area contributed by atoms with E-state index in [0.717, 1.165) is 45.3 Å². The van der Waals surface area contributed by atoms with E-state index in [4.69, 9.17) is 0 Å². The summed E-state index contributed by atoms with van der Waals surface area (Å²) in [5, 5.41) is 17.3. The molecule has 1 saturated carbocycles. The van der Waals surface area contributed by atoms with Crippen LogP contribution in [0.5, 0.6) is 0 Å². The van der Waals surface area contributed by atoms with E-state index in [1.165, 1.54) is 12.3 Å². The van der Waals surface area contributed by atoms with Crippen LogP contribution in [0.3, 0.4) is 0 Å². The third kappa shape index (κ3) is 3.18. The van der Waals surface area contributed by atoms with Crippen molar-refractivity contribution in [2.75, 3.05) is 31.5 Å². The second-order valence-corrected chi connectivity index (χ2v) is 7.44. The van der Waals surface area contributed by atoms with Gasteiger partial charge < -0.3 is 15.5 Å². The summed E-state index contributed by atoms with van der Waals surface area (Å²) in [7, 11) is 0. The van der Waals surface area contributed by atoms with Gasteiger partial charge in [0.2, 0.25) is 5.91 Å². The molecule has 0 radical (unpaired) electrons. The average Bonchev–Trinajstić information content (AvgIpc) is 3.09. The highest BCUT2D eigenvalue weighted by Gasteiger charge is 2.58. The van der Waals surface area contributed by atoms with Crippen LogP contribution < -0.4 is 10.6 Å². The summed E-state index contributed by atoms with van der Waals surface area (Å²) in [6, 6.07) is 3.21. The van der Waals surface area contributed by atoms with E-state index in [2.05, 4.69) is 15.6 Å². The lowest BCUT2D eigenvalue weighted by Crippen LogP contribution is -2.36. The number of pyridine rings is 1. The van der Waals surface area contributed by atoms with Crippen LogP contribution in [-0.2, 0) is 4.79 Å². The number of rotatable bonds is 4. The van der Waals surface area contributed by atoms with Crippen LogP contribution in [0.1, 0.15) is 25.7 Å². The van der Waals surface area contributed by atoms with Gasteiger partial charge in [0.05, 0.1) is 4.92 Å². The number of aromatic nitrogens is 1. The molecule has 2 saturated heterocycles. The number of hydrogen-bond acceptors (Lipinski definition) is 6. The normalized spacial score (nSPS) is 27.3. The van der Waals surface area contributed by atoms with Gasteiger partial charge in [-0.2, -0.15) is 0 Å². The molecule has 3 aliphatic rings. The molecule has 1 aromatic rings. The lowest BCUT2D eigenvalue weighted by Gasteiger charge is -2.25. The van der Waals surface area contributed by atoms with Crippen molar-refractivity contribution in [3.8, 4) is 0 Å². The summed E-state index contributed by atoms with van der Waals surface area (Å²) >= 11 is 0. The number of likely N-dealkylation sites (tertiary alicyclic amines) is 1. The maximum atomic E-state index is 12.8. The Hall–Kier alpha value is -2.22. The molecule has 8 nitrogen and oxygen atoms in total.